The molecular weight excluding hydrogens is 351 g/mol. The SMILES string of the molecule is Cc1ccc2c(c1)C1C[N+](C)(CC(C)C)CCC1N2C(=O)c1ccc(F)cc1. The van der Waals surface area contributed by atoms with Crippen molar-refractivity contribution in [3.05, 3.63) is 65.0 Å². The minimum atomic E-state index is -0.314. The summed E-state index contributed by atoms with van der Waals surface area (Å²) in [5.41, 5.74) is 4.12. The van der Waals surface area contributed by atoms with Crippen molar-refractivity contribution in [2.45, 2.75) is 39.2 Å². The molecule has 2 heterocycles. The Labute approximate surface area is 167 Å². The van der Waals surface area contributed by atoms with E-state index in [4.69, 9.17) is 0 Å². The highest BCUT2D eigenvalue weighted by atomic mass is 19.1. The maximum absolute atomic E-state index is 13.4. The second kappa shape index (κ2) is 7.00. The van der Waals surface area contributed by atoms with Gasteiger partial charge in [-0.25, -0.2) is 4.39 Å². The van der Waals surface area contributed by atoms with Gasteiger partial charge in [-0.3, -0.25) is 4.79 Å². The average molecular weight is 382 g/mol. The van der Waals surface area contributed by atoms with Crippen LogP contribution in [0.1, 0.15) is 47.7 Å². The number of benzene rings is 2. The predicted molar refractivity (Wildman–Crippen MR) is 111 cm³/mol. The first-order valence-electron chi connectivity index (χ1n) is 10.3. The van der Waals surface area contributed by atoms with Crippen LogP contribution in [-0.2, 0) is 0 Å². The number of likely N-dealkylation sites (tertiary alicyclic amines) is 1. The van der Waals surface area contributed by atoms with Gasteiger partial charge in [0.1, 0.15) is 5.82 Å². The Morgan fingerprint density at radius 2 is 1.93 bits per heavy atom. The van der Waals surface area contributed by atoms with Crippen molar-refractivity contribution in [1.29, 1.82) is 0 Å². The van der Waals surface area contributed by atoms with E-state index in [-0.39, 0.29) is 17.8 Å². The molecule has 1 saturated heterocycles. The largest absolute Gasteiger partial charge is 0.325 e. The molecule has 0 bridgehead atoms. The quantitative estimate of drug-likeness (QED) is 0.703. The number of quaternary nitrogens is 1. The first kappa shape index (κ1) is 19.1. The van der Waals surface area contributed by atoms with E-state index in [2.05, 4.69) is 46.0 Å². The van der Waals surface area contributed by atoms with E-state index in [1.54, 1.807) is 12.1 Å². The molecular formula is C24H30FN2O+. The molecule has 4 rings (SSSR count). The Balaban J connectivity index is 1.72. The van der Waals surface area contributed by atoms with Gasteiger partial charge in [-0.05, 0) is 42.8 Å². The second-order valence-corrected chi connectivity index (χ2v) is 9.31. The average Bonchev–Trinajstić information content (AvgIpc) is 2.93. The van der Waals surface area contributed by atoms with Gasteiger partial charge >= 0.3 is 0 Å². The molecule has 0 aromatic heterocycles. The Hall–Kier alpha value is -2.20. The van der Waals surface area contributed by atoms with Crippen LogP contribution < -0.4 is 4.90 Å². The van der Waals surface area contributed by atoms with E-state index in [0.717, 1.165) is 36.2 Å². The lowest BCUT2D eigenvalue weighted by atomic mass is 9.86. The number of halogens is 1. The summed E-state index contributed by atoms with van der Waals surface area (Å²) in [6, 6.07) is 12.6. The first-order valence-corrected chi connectivity index (χ1v) is 10.3. The van der Waals surface area contributed by atoms with E-state index in [1.807, 2.05) is 4.90 Å². The van der Waals surface area contributed by atoms with E-state index >= 15 is 0 Å². The monoisotopic (exact) mass is 381 g/mol. The Morgan fingerprint density at radius 1 is 1.21 bits per heavy atom. The van der Waals surface area contributed by atoms with Crippen molar-refractivity contribution in [3.8, 4) is 0 Å². The molecule has 3 unspecified atom stereocenters. The molecule has 3 nitrogen and oxygen atoms in total. The maximum Gasteiger partial charge on any atom is 0.258 e. The zero-order valence-electron chi connectivity index (χ0n) is 17.3. The molecule has 148 valence electrons. The van der Waals surface area contributed by atoms with Gasteiger partial charge in [0.25, 0.3) is 5.91 Å². The van der Waals surface area contributed by atoms with E-state index in [9.17, 15) is 9.18 Å². The van der Waals surface area contributed by atoms with Crippen LogP contribution in [0.4, 0.5) is 10.1 Å². The van der Waals surface area contributed by atoms with Crippen molar-refractivity contribution in [1.82, 2.24) is 0 Å². The molecule has 2 aromatic rings. The van der Waals surface area contributed by atoms with E-state index in [0.29, 0.717) is 17.4 Å². The number of hydrogen-bond acceptors (Lipinski definition) is 1. The van der Waals surface area contributed by atoms with Crippen molar-refractivity contribution in [3.63, 3.8) is 0 Å². The number of aryl methyl sites for hydroxylation is 1. The van der Waals surface area contributed by atoms with Crippen LogP contribution >= 0.6 is 0 Å². The maximum atomic E-state index is 13.4. The van der Waals surface area contributed by atoms with Crippen LogP contribution in [0.5, 0.6) is 0 Å². The molecule has 4 heteroatoms. The van der Waals surface area contributed by atoms with Crippen LogP contribution in [0.2, 0.25) is 0 Å². The molecule has 0 aliphatic carbocycles. The highest BCUT2D eigenvalue weighted by Crippen LogP contribution is 2.47. The third-order valence-electron chi connectivity index (χ3n) is 6.36. The predicted octanol–water partition coefficient (Wildman–Crippen LogP) is 4.75. The van der Waals surface area contributed by atoms with Crippen molar-refractivity contribution >= 4 is 11.6 Å². The van der Waals surface area contributed by atoms with Gasteiger partial charge in [-0.2, -0.15) is 0 Å². The minimum Gasteiger partial charge on any atom is -0.325 e. The molecule has 0 saturated carbocycles. The molecule has 1 fully saturated rings. The van der Waals surface area contributed by atoms with Gasteiger partial charge < -0.3 is 9.38 Å². The fourth-order valence-electron chi connectivity index (χ4n) is 5.36. The summed E-state index contributed by atoms with van der Waals surface area (Å²) in [6.07, 6.45) is 0.995. The highest BCUT2D eigenvalue weighted by Gasteiger charge is 2.49. The molecule has 28 heavy (non-hydrogen) atoms. The fourth-order valence-corrected chi connectivity index (χ4v) is 5.36. The number of amides is 1. The Bertz CT molecular complexity index is 892. The van der Waals surface area contributed by atoms with Crippen LogP contribution in [0.25, 0.3) is 0 Å². The highest BCUT2D eigenvalue weighted by molar-refractivity contribution is 6.08. The molecule has 0 radical (unpaired) electrons. The molecule has 2 aliphatic heterocycles. The normalized spacial score (nSPS) is 26.3. The summed E-state index contributed by atoms with van der Waals surface area (Å²) in [5.74, 6) is 0.678. The Morgan fingerprint density at radius 3 is 2.61 bits per heavy atom. The summed E-state index contributed by atoms with van der Waals surface area (Å²) in [4.78, 5) is 15.4. The van der Waals surface area contributed by atoms with Crippen molar-refractivity contribution in [2.24, 2.45) is 5.92 Å². The zero-order chi connectivity index (χ0) is 20.1. The van der Waals surface area contributed by atoms with E-state index in [1.165, 1.54) is 23.3 Å². The van der Waals surface area contributed by atoms with Crippen LogP contribution in [0.15, 0.2) is 42.5 Å². The number of piperidine rings is 1. The number of fused-ring (bicyclic) bond motifs is 3. The number of carbonyl (C=O) groups is 1. The summed E-state index contributed by atoms with van der Waals surface area (Å²) in [6.45, 7) is 9.99. The lowest BCUT2D eigenvalue weighted by Gasteiger charge is -2.45. The van der Waals surface area contributed by atoms with Gasteiger partial charge in [0.05, 0.1) is 38.6 Å². The topological polar surface area (TPSA) is 20.3 Å². The van der Waals surface area contributed by atoms with Gasteiger partial charge in [0, 0.05) is 23.6 Å². The number of likely N-dealkylation sites (N-methyl/N-ethyl adjacent to an activating group) is 1. The van der Waals surface area contributed by atoms with Crippen molar-refractivity contribution in [2.75, 3.05) is 31.6 Å². The fraction of sp³-hybridized carbons (Fsp3) is 0.458. The molecule has 2 aromatic carbocycles. The van der Waals surface area contributed by atoms with Gasteiger partial charge in [-0.15, -0.1) is 0 Å². The number of anilines is 1. The molecule has 2 aliphatic rings. The van der Waals surface area contributed by atoms with Gasteiger partial charge in [0.15, 0.2) is 0 Å². The van der Waals surface area contributed by atoms with Crippen LogP contribution in [0, 0.1) is 18.7 Å². The Kier molecular flexibility index (Phi) is 4.78. The lowest BCUT2D eigenvalue weighted by Crippen LogP contribution is -2.57. The third kappa shape index (κ3) is 3.35. The lowest BCUT2D eigenvalue weighted by molar-refractivity contribution is -0.918. The third-order valence-corrected chi connectivity index (χ3v) is 6.36. The van der Waals surface area contributed by atoms with Crippen LogP contribution in [-0.4, -0.2) is 43.1 Å². The summed E-state index contributed by atoms with van der Waals surface area (Å²) >= 11 is 0. The number of rotatable bonds is 3. The van der Waals surface area contributed by atoms with E-state index < -0.39 is 0 Å². The van der Waals surface area contributed by atoms with Gasteiger partial charge in [-0.1, -0.05) is 31.5 Å². The smallest absolute Gasteiger partial charge is 0.258 e. The van der Waals surface area contributed by atoms with Crippen molar-refractivity contribution < 1.29 is 13.7 Å². The number of nitrogens with zero attached hydrogens (tertiary/aromatic N) is 2. The molecule has 0 N–H and O–H groups in total. The summed E-state index contributed by atoms with van der Waals surface area (Å²) < 4.78 is 14.4. The first-order chi connectivity index (χ1) is 13.3. The zero-order valence-corrected chi connectivity index (χ0v) is 17.3. The van der Waals surface area contributed by atoms with Crippen LogP contribution in [0.3, 0.4) is 0 Å². The van der Waals surface area contributed by atoms with Gasteiger partial charge in [0.2, 0.25) is 0 Å². The second-order valence-electron chi connectivity index (χ2n) is 9.31. The standard InChI is InChI=1S/C24H30FN2O/c1-16(2)14-27(4)12-11-23-21(15-27)20-13-17(3)5-10-22(20)26(23)24(28)18-6-8-19(25)9-7-18/h5-10,13,16,21,23H,11-12,14-15H2,1-4H3/q+1. The summed E-state index contributed by atoms with van der Waals surface area (Å²) in [7, 11) is 2.36. The minimum absolute atomic E-state index is 0.0161. The molecule has 3 atom stereocenters. The molecule has 0 spiro atoms. The number of carbonyl (C=O) groups excluding carboxylic acids is 1. The summed E-state index contributed by atoms with van der Waals surface area (Å²) in [5, 5.41) is 0. The molecule has 1 amide bonds. The number of hydrogen-bond donors (Lipinski definition) is 0.